The molecule has 0 fully saturated rings. The van der Waals surface area contributed by atoms with Crippen molar-refractivity contribution in [2.45, 2.75) is 0 Å². The monoisotopic (exact) mass is 583 g/mol. The summed E-state index contributed by atoms with van der Waals surface area (Å²) in [5, 5.41) is 5.79. The van der Waals surface area contributed by atoms with Crippen molar-refractivity contribution in [1.29, 1.82) is 0 Å². The lowest BCUT2D eigenvalue weighted by Gasteiger charge is -2.11. The number of anilines is 2. The summed E-state index contributed by atoms with van der Waals surface area (Å²) in [5.74, 6) is -1.11. The van der Waals surface area contributed by atoms with Crippen LogP contribution in [0.5, 0.6) is 0 Å². The van der Waals surface area contributed by atoms with E-state index in [4.69, 9.17) is 22.3 Å². The first-order valence-electron chi connectivity index (χ1n) is 12.1. The normalized spacial score (nSPS) is 11.1. The van der Waals surface area contributed by atoms with E-state index in [1.807, 2.05) is 29.6 Å². The van der Waals surface area contributed by atoms with Gasteiger partial charge in [0.1, 0.15) is 15.5 Å². The lowest BCUT2D eigenvalue weighted by atomic mass is 10.0. The van der Waals surface area contributed by atoms with Gasteiger partial charge in [-0.1, -0.05) is 60.1 Å². The summed E-state index contributed by atoms with van der Waals surface area (Å²) in [7, 11) is 0. The van der Waals surface area contributed by atoms with Gasteiger partial charge >= 0.3 is 0 Å². The summed E-state index contributed by atoms with van der Waals surface area (Å²) >= 11 is 8.91. The van der Waals surface area contributed by atoms with Gasteiger partial charge in [-0.15, -0.1) is 22.7 Å². The fourth-order valence-corrected chi connectivity index (χ4v) is 6.31. The Morgan fingerprint density at radius 2 is 1.70 bits per heavy atom. The smallest absolute Gasteiger partial charge is 0.267 e. The fraction of sp³-hybridized carbons (Fsp3) is 0. The Balaban J connectivity index is 1.44. The number of nitrogen functional groups attached to an aromatic ring is 1. The molecule has 0 saturated carbocycles. The number of nitrogens with zero attached hydrogens (tertiary/aromatic N) is 1. The first-order valence-corrected chi connectivity index (χ1v) is 14.2. The summed E-state index contributed by atoms with van der Waals surface area (Å²) in [4.78, 5) is 33.5. The highest BCUT2D eigenvalue weighted by molar-refractivity contribution is 7.21. The molecular weight excluding hydrogens is 565 g/mol. The van der Waals surface area contributed by atoms with E-state index >= 15 is 0 Å². The number of hydrogen-bond donors (Lipinski definition) is 2. The molecule has 0 radical (unpaired) electrons. The van der Waals surface area contributed by atoms with E-state index in [1.54, 1.807) is 59.9 Å². The number of benzene rings is 3. The number of ketones is 1. The third kappa shape index (κ3) is 4.88. The Bertz CT molecular complexity index is 1890. The van der Waals surface area contributed by atoms with Gasteiger partial charge in [0.15, 0.2) is 5.78 Å². The van der Waals surface area contributed by atoms with Crippen LogP contribution in [0.15, 0.2) is 96.4 Å². The molecule has 5 nitrogen and oxygen atoms in total. The van der Waals surface area contributed by atoms with E-state index in [2.05, 4.69) is 5.32 Å². The number of halogens is 2. The summed E-state index contributed by atoms with van der Waals surface area (Å²) in [6, 6.07) is 25.4. The van der Waals surface area contributed by atoms with Crippen LogP contribution in [0.1, 0.15) is 25.6 Å². The second-order valence-electron chi connectivity index (χ2n) is 8.90. The van der Waals surface area contributed by atoms with Gasteiger partial charge < -0.3 is 11.1 Å². The molecule has 3 N–H and O–H groups in total. The molecule has 1 amide bonds. The van der Waals surface area contributed by atoms with E-state index in [0.29, 0.717) is 26.5 Å². The molecule has 0 aliphatic heterocycles. The van der Waals surface area contributed by atoms with Crippen molar-refractivity contribution in [3.63, 3.8) is 0 Å². The van der Waals surface area contributed by atoms with Crippen LogP contribution < -0.4 is 11.1 Å². The molecular formula is C31H19ClFN3O2S2. The molecule has 6 aromatic rings. The number of rotatable bonds is 6. The third-order valence-corrected chi connectivity index (χ3v) is 8.57. The maximum atomic E-state index is 13.7. The number of pyridine rings is 1. The van der Waals surface area contributed by atoms with Gasteiger partial charge in [0, 0.05) is 21.5 Å². The van der Waals surface area contributed by atoms with E-state index < -0.39 is 5.91 Å². The molecule has 196 valence electrons. The molecule has 0 saturated heterocycles. The van der Waals surface area contributed by atoms with E-state index in [1.165, 1.54) is 18.2 Å². The van der Waals surface area contributed by atoms with Crippen molar-refractivity contribution >= 4 is 67.6 Å². The van der Waals surface area contributed by atoms with Crippen molar-refractivity contribution in [3.8, 4) is 21.7 Å². The highest BCUT2D eigenvalue weighted by atomic mass is 35.5. The third-order valence-electron chi connectivity index (χ3n) is 6.34. The molecule has 0 bridgehead atoms. The van der Waals surface area contributed by atoms with Crippen LogP contribution in [0, 0.1) is 5.82 Å². The second kappa shape index (κ2) is 10.7. The van der Waals surface area contributed by atoms with Gasteiger partial charge in [0.05, 0.1) is 21.9 Å². The van der Waals surface area contributed by atoms with E-state index in [0.717, 1.165) is 33.0 Å². The first kappa shape index (κ1) is 25.9. The Morgan fingerprint density at radius 3 is 2.42 bits per heavy atom. The summed E-state index contributed by atoms with van der Waals surface area (Å²) in [6.07, 6.45) is 0. The highest BCUT2D eigenvalue weighted by Crippen LogP contribution is 2.42. The second-order valence-corrected chi connectivity index (χ2v) is 11.3. The maximum absolute atomic E-state index is 13.7. The van der Waals surface area contributed by atoms with Crippen LogP contribution in [0.25, 0.3) is 31.9 Å². The topological polar surface area (TPSA) is 85.1 Å². The van der Waals surface area contributed by atoms with Crippen LogP contribution >= 0.6 is 34.3 Å². The van der Waals surface area contributed by atoms with Gasteiger partial charge in [-0.2, -0.15) is 0 Å². The van der Waals surface area contributed by atoms with Gasteiger partial charge in [-0.3, -0.25) is 9.59 Å². The van der Waals surface area contributed by atoms with Crippen molar-refractivity contribution in [2.75, 3.05) is 11.1 Å². The van der Waals surface area contributed by atoms with Crippen LogP contribution in [0.3, 0.4) is 0 Å². The molecule has 0 atom stereocenters. The predicted octanol–water partition coefficient (Wildman–Crippen LogP) is 8.55. The number of carbonyl (C=O) groups excluding carboxylic acids is 2. The van der Waals surface area contributed by atoms with Crippen molar-refractivity contribution in [1.82, 2.24) is 4.98 Å². The molecule has 0 unspecified atom stereocenters. The largest absolute Gasteiger partial charge is 0.397 e. The molecule has 40 heavy (non-hydrogen) atoms. The van der Waals surface area contributed by atoms with Crippen LogP contribution in [0.2, 0.25) is 5.02 Å². The summed E-state index contributed by atoms with van der Waals surface area (Å²) < 4.78 is 13.7. The van der Waals surface area contributed by atoms with Gasteiger partial charge in [0.2, 0.25) is 0 Å². The predicted molar refractivity (Wildman–Crippen MR) is 162 cm³/mol. The molecule has 0 aliphatic rings. The quantitative estimate of drug-likeness (QED) is 0.192. The first-order chi connectivity index (χ1) is 19.4. The van der Waals surface area contributed by atoms with Crippen LogP contribution in [0.4, 0.5) is 15.8 Å². The van der Waals surface area contributed by atoms with E-state index in [-0.39, 0.29) is 27.7 Å². The molecule has 3 aromatic carbocycles. The Morgan fingerprint density at radius 1 is 0.925 bits per heavy atom. The number of nitrogens with two attached hydrogens (primary N) is 1. The van der Waals surface area contributed by atoms with Gasteiger partial charge in [-0.25, -0.2) is 9.37 Å². The lowest BCUT2D eigenvalue weighted by molar-refractivity contribution is 0.103. The lowest BCUT2D eigenvalue weighted by Crippen LogP contribution is -2.15. The fourth-order valence-electron chi connectivity index (χ4n) is 4.43. The van der Waals surface area contributed by atoms with Crippen LogP contribution in [-0.2, 0) is 0 Å². The Labute approximate surface area is 241 Å². The molecule has 6 rings (SSSR count). The number of aromatic nitrogens is 1. The number of amides is 1. The minimum absolute atomic E-state index is 0.252. The van der Waals surface area contributed by atoms with Gasteiger partial charge in [0.25, 0.3) is 5.91 Å². The SMILES string of the molecule is Nc1c(C(=O)Nc2ccc(Cl)cc2C(=O)c2ccccc2)sc2nc(-c3cccs3)cc(-c3ccc(F)cc3)c12. The minimum Gasteiger partial charge on any atom is -0.397 e. The van der Waals surface area contributed by atoms with Crippen LogP contribution in [-0.4, -0.2) is 16.7 Å². The maximum Gasteiger partial charge on any atom is 0.267 e. The van der Waals surface area contributed by atoms with Gasteiger partial charge in [-0.05, 0) is 59.0 Å². The zero-order chi connectivity index (χ0) is 27.8. The number of hydrogen-bond acceptors (Lipinski definition) is 6. The Hall–Kier alpha value is -4.37. The zero-order valence-corrected chi connectivity index (χ0v) is 23.0. The van der Waals surface area contributed by atoms with E-state index in [9.17, 15) is 14.0 Å². The zero-order valence-electron chi connectivity index (χ0n) is 20.7. The molecule has 0 aliphatic carbocycles. The van der Waals surface area contributed by atoms with Crippen molar-refractivity contribution in [2.24, 2.45) is 0 Å². The van der Waals surface area contributed by atoms with Crippen molar-refractivity contribution in [3.05, 3.63) is 123 Å². The summed E-state index contributed by atoms with van der Waals surface area (Å²) in [6.45, 7) is 0. The van der Waals surface area contributed by atoms with Crippen molar-refractivity contribution < 1.29 is 14.0 Å². The number of thiophene rings is 2. The average Bonchev–Trinajstić information content (AvgIpc) is 3.63. The number of fused-ring (bicyclic) bond motifs is 1. The standard InChI is InChI=1S/C31H19ClFN3O2S2/c32-19-10-13-23(22(15-19)28(37)18-5-2-1-3-6-18)35-30(38)29-27(34)26-21(17-8-11-20(33)12-9-17)16-24(36-31(26)40-29)25-7-4-14-39-25/h1-16H,34H2,(H,35,38). The Kier molecular flexibility index (Phi) is 6.89. The molecule has 3 heterocycles. The summed E-state index contributed by atoms with van der Waals surface area (Å²) in [5.41, 5.74) is 10.1. The number of nitrogens with one attached hydrogen (secondary N) is 1. The minimum atomic E-state index is -0.479. The highest BCUT2D eigenvalue weighted by Gasteiger charge is 2.24. The molecule has 3 aromatic heterocycles. The molecule has 0 spiro atoms. The average molecular weight is 584 g/mol. The number of carbonyl (C=O) groups is 2. The molecule has 9 heteroatoms.